The van der Waals surface area contributed by atoms with E-state index < -0.39 is 18.0 Å². The van der Waals surface area contributed by atoms with Crippen molar-refractivity contribution in [1.82, 2.24) is 29.9 Å². The molecule has 4 aromatic heterocycles. The highest BCUT2D eigenvalue weighted by Crippen LogP contribution is 2.36. The monoisotopic (exact) mass is 670 g/mol. The summed E-state index contributed by atoms with van der Waals surface area (Å²) in [6.07, 6.45) is 5.69. The smallest absolute Gasteiger partial charge is 0.289 e. The average molecular weight is 671 g/mol. The van der Waals surface area contributed by atoms with Gasteiger partial charge in [-0.2, -0.15) is 9.78 Å². The molecule has 0 unspecified atom stereocenters. The van der Waals surface area contributed by atoms with Gasteiger partial charge in [-0.1, -0.05) is 0 Å². The Bertz CT molecular complexity index is 2130. The molecule has 5 aromatic rings. The highest BCUT2D eigenvalue weighted by molar-refractivity contribution is 7.19. The van der Waals surface area contributed by atoms with E-state index in [0.717, 1.165) is 76.3 Å². The lowest BCUT2D eigenvalue weighted by Crippen LogP contribution is -2.56. The van der Waals surface area contributed by atoms with Gasteiger partial charge in [-0.15, -0.1) is 21.5 Å². The second-order valence-corrected chi connectivity index (χ2v) is 13.7. The number of aromatic nitrogens is 5. The van der Waals surface area contributed by atoms with Crippen LogP contribution in [0.4, 0.5) is 21.7 Å². The average Bonchev–Trinajstić information content (AvgIpc) is 3.45. The number of aromatic amines is 1. The standard InChI is InChI=1S/C34H35FN8O4S/c1-19-23(14-27(33(45)37-19)38-30-6-7-31(40-39-30)42-10-8-41(9-11-42)21-17-47-18-21)24-12-20(35)13-28(26(24)16-44)43-34(46)32-25(15-36-43)22-4-2-3-5-29(22)48-32/h6-7,12-15,21,44H,2-5,8-11,16-18H2,1H3,(H,37,45)(H,38,39). The number of hydrogen-bond donors (Lipinski definition) is 3. The van der Waals surface area contributed by atoms with Crippen molar-refractivity contribution < 1.29 is 14.2 Å². The maximum absolute atomic E-state index is 15.3. The summed E-state index contributed by atoms with van der Waals surface area (Å²) < 4.78 is 22.4. The molecule has 3 N–H and O–H groups in total. The number of aliphatic hydroxyl groups excluding tert-OH is 1. The molecule has 6 heterocycles. The maximum Gasteiger partial charge on any atom is 0.289 e. The third-order valence-electron chi connectivity index (χ3n) is 9.70. The number of anilines is 3. The molecule has 0 spiro atoms. The number of piperazine rings is 1. The predicted molar refractivity (Wildman–Crippen MR) is 182 cm³/mol. The van der Waals surface area contributed by atoms with Crippen LogP contribution in [-0.4, -0.2) is 80.4 Å². The van der Waals surface area contributed by atoms with E-state index in [2.05, 4.69) is 35.4 Å². The van der Waals surface area contributed by atoms with E-state index in [1.165, 1.54) is 38.6 Å². The van der Waals surface area contributed by atoms with Gasteiger partial charge in [0.25, 0.3) is 11.1 Å². The Balaban J connectivity index is 1.10. The lowest BCUT2D eigenvalue weighted by atomic mass is 9.96. The molecule has 248 valence electrons. The first kappa shape index (κ1) is 30.8. The lowest BCUT2D eigenvalue weighted by Gasteiger charge is -2.42. The molecule has 2 fully saturated rings. The SMILES string of the molecule is Cc1[nH]c(=O)c(Nc2ccc(N3CCN(C4COC4)CC3)nn2)cc1-c1cc(F)cc(-n2ncc3c4c(sc3c2=O)CCCC4)c1CO. The second-order valence-electron chi connectivity index (χ2n) is 12.6. The van der Waals surface area contributed by atoms with Crippen LogP contribution < -0.4 is 21.3 Å². The van der Waals surface area contributed by atoms with Gasteiger partial charge in [0.1, 0.15) is 16.2 Å². The van der Waals surface area contributed by atoms with Crippen LogP contribution in [0.1, 0.15) is 34.5 Å². The van der Waals surface area contributed by atoms with E-state index in [1.807, 2.05) is 6.07 Å². The van der Waals surface area contributed by atoms with Crippen molar-refractivity contribution in [3.05, 3.63) is 84.8 Å². The molecule has 0 atom stereocenters. The van der Waals surface area contributed by atoms with Gasteiger partial charge in [0.15, 0.2) is 11.6 Å². The summed E-state index contributed by atoms with van der Waals surface area (Å²) in [7, 11) is 0. The molecule has 0 saturated carbocycles. The van der Waals surface area contributed by atoms with E-state index in [4.69, 9.17) is 4.74 Å². The molecule has 8 rings (SSSR count). The lowest BCUT2D eigenvalue weighted by molar-refractivity contribution is -0.0661. The largest absolute Gasteiger partial charge is 0.392 e. The Hall–Kier alpha value is -4.50. The van der Waals surface area contributed by atoms with Crippen LogP contribution in [0.2, 0.25) is 0 Å². The van der Waals surface area contributed by atoms with E-state index in [-0.39, 0.29) is 16.9 Å². The van der Waals surface area contributed by atoms with Crippen LogP contribution in [0.15, 0.2) is 46.1 Å². The zero-order valence-corrected chi connectivity index (χ0v) is 27.3. The number of aliphatic hydroxyl groups is 1. The number of nitrogens with zero attached hydrogens (tertiary/aromatic N) is 6. The van der Waals surface area contributed by atoms with E-state index in [1.54, 1.807) is 25.3 Å². The zero-order chi connectivity index (χ0) is 32.9. The summed E-state index contributed by atoms with van der Waals surface area (Å²) in [5.74, 6) is 0.516. The van der Waals surface area contributed by atoms with Crippen molar-refractivity contribution in [1.29, 1.82) is 0 Å². The van der Waals surface area contributed by atoms with Crippen LogP contribution in [0.5, 0.6) is 0 Å². The van der Waals surface area contributed by atoms with Crippen LogP contribution in [0, 0.1) is 12.7 Å². The number of nitrogens with one attached hydrogen (secondary N) is 2. The number of rotatable bonds is 7. The number of halogens is 1. The Kier molecular flexibility index (Phi) is 8.03. The summed E-state index contributed by atoms with van der Waals surface area (Å²) in [4.78, 5) is 35.5. The molecular weight excluding hydrogens is 635 g/mol. The minimum atomic E-state index is -0.611. The van der Waals surface area contributed by atoms with Gasteiger partial charge in [0.05, 0.1) is 37.7 Å². The number of fused-ring (bicyclic) bond motifs is 3. The minimum absolute atomic E-state index is 0.147. The fourth-order valence-electron chi connectivity index (χ4n) is 6.98. The summed E-state index contributed by atoms with van der Waals surface area (Å²) >= 11 is 1.48. The van der Waals surface area contributed by atoms with E-state index in [9.17, 15) is 14.7 Å². The molecule has 14 heteroatoms. The molecule has 2 aliphatic heterocycles. The number of benzene rings is 1. The number of hydrogen-bond acceptors (Lipinski definition) is 11. The zero-order valence-electron chi connectivity index (χ0n) is 26.5. The third-order valence-corrected chi connectivity index (χ3v) is 11.0. The highest BCUT2D eigenvalue weighted by Gasteiger charge is 2.29. The number of H-pyrrole nitrogens is 1. The summed E-state index contributed by atoms with van der Waals surface area (Å²) in [5.41, 5.74) is 2.33. The Labute approximate surface area is 278 Å². The molecule has 2 saturated heterocycles. The Morgan fingerprint density at radius 3 is 2.60 bits per heavy atom. The molecule has 12 nitrogen and oxygen atoms in total. The van der Waals surface area contributed by atoms with Crippen molar-refractivity contribution in [3.63, 3.8) is 0 Å². The predicted octanol–water partition coefficient (Wildman–Crippen LogP) is 3.68. The topological polar surface area (TPSA) is 142 Å². The summed E-state index contributed by atoms with van der Waals surface area (Å²) in [6, 6.07) is 8.24. The molecule has 1 aliphatic carbocycles. The van der Waals surface area contributed by atoms with E-state index >= 15 is 4.39 Å². The second kappa shape index (κ2) is 12.5. The van der Waals surface area contributed by atoms with Gasteiger partial charge in [0, 0.05) is 59.3 Å². The highest BCUT2D eigenvalue weighted by atomic mass is 32.1. The van der Waals surface area contributed by atoms with Crippen molar-refractivity contribution in [3.8, 4) is 16.8 Å². The summed E-state index contributed by atoms with van der Waals surface area (Å²) in [5, 5.41) is 27.7. The van der Waals surface area contributed by atoms with Gasteiger partial charge >= 0.3 is 0 Å². The molecular formula is C34H35FN8O4S. The van der Waals surface area contributed by atoms with Crippen molar-refractivity contribution in [2.24, 2.45) is 0 Å². The maximum atomic E-state index is 15.3. The fraction of sp³-hybridized carbons (Fsp3) is 0.382. The third kappa shape index (κ3) is 5.48. The van der Waals surface area contributed by atoms with Crippen molar-refractivity contribution >= 4 is 38.7 Å². The molecule has 0 amide bonds. The first-order chi connectivity index (χ1) is 23.4. The first-order valence-electron chi connectivity index (χ1n) is 16.3. The quantitative estimate of drug-likeness (QED) is 0.235. The van der Waals surface area contributed by atoms with Crippen molar-refractivity contribution in [2.45, 2.75) is 45.3 Å². The first-order valence-corrected chi connectivity index (χ1v) is 17.1. The minimum Gasteiger partial charge on any atom is -0.392 e. The molecule has 3 aliphatic rings. The van der Waals surface area contributed by atoms with E-state index in [0.29, 0.717) is 38.9 Å². The van der Waals surface area contributed by atoms with Crippen LogP contribution in [0.25, 0.3) is 26.9 Å². The van der Waals surface area contributed by atoms with Crippen LogP contribution in [0.3, 0.4) is 0 Å². The van der Waals surface area contributed by atoms with Gasteiger partial charge < -0.3 is 25.0 Å². The fourth-order valence-corrected chi connectivity index (χ4v) is 8.27. The molecule has 1 aromatic carbocycles. The normalized spacial score (nSPS) is 17.0. The van der Waals surface area contributed by atoms with Gasteiger partial charge in [-0.25, -0.2) is 4.39 Å². The van der Waals surface area contributed by atoms with Gasteiger partial charge in [-0.3, -0.25) is 14.5 Å². The van der Waals surface area contributed by atoms with Crippen LogP contribution in [-0.2, 0) is 24.2 Å². The number of thiophene rings is 1. The molecule has 48 heavy (non-hydrogen) atoms. The Morgan fingerprint density at radius 2 is 1.88 bits per heavy atom. The Morgan fingerprint density at radius 1 is 1.06 bits per heavy atom. The van der Waals surface area contributed by atoms with Crippen LogP contribution >= 0.6 is 11.3 Å². The number of pyridine rings is 1. The number of ether oxygens (including phenoxy) is 1. The summed E-state index contributed by atoms with van der Waals surface area (Å²) in [6.45, 7) is 6.35. The molecule has 0 radical (unpaired) electrons. The van der Waals surface area contributed by atoms with Crippen molar-refractivity contribution in [2.75, 3.05) is 49.6 Å². The van der Waals surface area contributed by atoms with Gasteiger partial charge in [-0.05, 0) is 68.0 Å². The van der Waals surface area contributed by atoms with Gasteiger partial charge in [0.2, 0.25) is 0 Å². The molecule has 0 bridgehead atoms. The number of aryl methyl sites for hydroxylation is 3.